The highest BCUT2D eigenvalue weighted by molar-refractivity contribution is 7.91. The number of carbonyl (C=O) groups is 1. The third-order valence-electron chi connectivity index (χ3n) is 3.75. The van der Waals surface area contributed by atoms with Crippen LogP contribution in [-0.4, -0.2) is 38.4 Å². The Bertz CT molecular complexity index is 826. The highest BCUT2D eigenvalue weighted by atomic mass is 35.5. The molecule has 1 N–H and O–H groups in total. The van der Waals surface area contributed by atoms with E-state index in [0.717, 1.165) is 11.3 Å². The number of rotatable bonds is 4. The van der Waals surface area contributed by atoms with Crippen LogP contribution in [0, 0.1) is 0 Å². The number of amides is 1. The van der Waals surface area contributed by atoms with Gasteiger partial charge in [-0.15, -0.1) is 22.7 Å². The summed E-state index contributed by atoms with van der Waals surface area (Å²) in [6, 6.07) is 4.68. The van der Waals surface area contributed by atoms with Gasteiger partial charge in [-0.3, -0.25) is 4.79 Å². The zero-order valence-corrected chi connectivity index (χ0v) is 16.3. The third kappa shape index (κ3) is 3.95. The second kappa shape index (κ2) is 7.31. The van der Waals surface area contributed by atoms with Crippen LogP contribution in [0.2, 0.25) is 8.67 Å². The molecule has 1 amide bonds. The molecule has 1 aliphatic heterocycles. The predicted octanol–water partition coefficient (Wildman–Crippen LogP) is 3.70. The maximum Gasteiger partial charge on any atom is 0.256 e. The zero-order chi connectivity index (χ0) is 17.3. The lowest BCUT2D eigenvalue weighted by Crippen LogP contribution is -2.46. The van der Waals surface area contributed by atoms with Crippen molar-refractivity contribution in [2.75, 3.05) is 13.1 Å². The Labute approximate surface area is 158 Å². The SMILES string of the molecule is O=C(c1cc(Cl)sc1Cl)N1CCC(NS(=O)(=O)c2cccs2)CC1. The van der Waals surface area contributed by atoms with E-state index in [-0.39, 0.29) is 11.9 Å². The van der Waals surface area contributed by atoms with E-state index in [9.17, 15) is 13.2 Å². The molecule has 0 aliphatic carbocycles. The largest absolute Gasteiger partial charge is 0.338 e. The first-order chi connectivity index (χ1) is 11.4. The molecule has 0 saturated carbocycles. The number of nitrogens with one attached hydrogen (secondary N) is 1. The van der Waals surface area contributed by atoms with Crippen molar-refractivity contribution in [3.05, 3.63) is 37.8 Å². The van der Waals surface area contributed by atoms with Gasteiger partial charge in [-0.2, -0.15) is 0 Å². The lowest BCUT2D eigenvalue weighted by atomic mass is 10.1. The molecule has 5 nitrogen and oxygen atoms in total. The summed E-state index contributed by atoms with van der Waals surface area (Å²) in [5.41, 5.74) is 0.407. The normalized spacial score (nSPS) is 16.5. The van der Waals surface area contributed by atoms with E-state index in [2.05, 4.69) is 4.72 Å². The second-order valence-corrected chi connectivity index (χ2v) is 10.5. The fraction of sp³-hybridized carbons (Fsp3) is 0.357. The number of piperidine rings is 1. The minimum absolute atomic E-state index is 0.164. The summed E-state index contributed by atoms with van der Waals surface area (Å²) in [4.78, 5) is 14.1. The van der Waals surface area contributed by atoms with E-state index in [1.807, 2.05) is 0 Å². The zero-order valence-electron chi connectivity index (χ0n) is 12.4. The highest BCUT2D eigenvalue weighted by Crippen LogP contribution is 2.32. The van der Waals surface area contributed by atoms with Crippen LogP contribution in [0.15, 0.2) is 27.8 Å². The fourth-order valence-corrected chi connectivity index (χ4v) is 6.31. The van der Waals surface area contributed by atoms with E-state index >= 15 is 0 Å². The molecule has 0 spiro atoms. The van der Waals surface area contributed by atoms with E-state index in [0.29, 0.717) is 44.4 Å². The Kier molecular flexibility index (Phi) is 5.53. The maximum absolute atomic E-state index is 12.5. The number of likely N-dealkylation sites (tertiary alicyclic amines) is 1. The quantitative estimate of drug-likeness (QED) is 0.813. The lowest BCUT2D eigenvalue weighted by molar-refractivity contribution is 0.0712. The van der Waals surface area contributed by atoms with Gasteiger partial charge in [-0.25, -0.2) is 13.1 Å². The molecule has 2 aromatic rings. The van der Waals surface area contributed by atoms with E-state index in [1.165, 1.54) is 11.3 Å². The number of hydrogen-bond donors (Lipinski definition) is 1. The van der Waals surface area contributed by atoms with Gasteiger partial charge < -0.3 is 4.90 Å². The van der Waals surface area contributed by atoms with E-state index < -0.39 is 10.0 Å². The Hall–Kier alpha value is -0.640. The minimum Gasteiger partial charge on any atom is -0.338 e. The molecule has 24 heavy (non-hydrogen) atoms. The van der Waals surface area contributed by atoms with Gasteiger partial charge in [-0.05, 0) is 30.4 Å². The van der Waals surface area contributed by atoms with Crippen molar-refractivity contribution in [3.63, 3.8) is 0 Å². The number of halogens is 2. The minimum atomic E-state index is -3.48. The van der Waals surface area contributed by atoms with Crippen LogP contribution >= 0.6 is 45.9 Å². The average Bonchev–Trinajstić information content (AvgIpc) is 3.17. The van der Waals surface area contributed by atoms with E-state index in [4.69, 9.17) is 23.2 Å². The number of hydrogen-bond acceptors (Lipinski definition) is 5. The molecule has 1 aliphatic rings. The van der Waals surface area contributed by atoms with Gasteiger partial charge in [0, 0.05) is 19.1 Å². The highest BCUT2D eigenvalue weighted by Gasteiger charge is 2.28. The second-order valence-electron chi connectivity index (χ2n) is 5.36. The summed E-state index contributed by atoms with van der Waals surface area (Å²) in [7, 11) is -3.48. The molecule has 0 radical (unpaired) electrons. The topological polar surface area (TPSA) is 66.5 Å². The van der Waals surface area contributed by atoms with Gasteiger partial charge in [0.05, 0.1) is 9.90 Å². The molecular weight excluding hydrogens is 411 g/mol. The van der Waals surface area contributed by atoms with Crippen molar-refractivity contribution >= 4 is 61.8 Å². The first-order valence-electron chi connectivity index (χ1n) is 7.17. The number of thiophene rings is 2. The molecule has 130 valence electrons. The molecule has 0 unspecified atom stereocenters. The van der Waals surface area contributed by atoms with Gasteiger partial charge in [0.15, 0.2) is 0 Å². The fourth-order valence-electron chi connectivity index (χ4n) is 2.55. The Morgan fingerprint density at radius 1 is 1.29 bits per heavy atom. The van der Waals surface area contributed by atoms with Crippen molar-refractivity contribution in [3.8, 4) is 0 Å². The van der Waals surface area contributed by atoms with E-state index in [1.54, 1.807) is 28.5 Å². The first-order valence-corrected chi connectivity index (χ1v) is 11.1. The third-order valence-corrected chi connectivity index (χ3v) is 8.16. The van der Waals surface area contributed by atoms with Gasteiger partial charge in [0.25, 0.3) is 5.91 Å². The predicted molar refractivity (Wildman–Crippen MR) is 97.9 cm³/mol. The lowest BCUT2D eigenvalue weighted by Gasteiger charge is -2.32. The summed E-state index contributed by atoms with van der Waals surface area (Å²) < 4.78 is 28.3. The molecular formula is C14H14Cl2N2O3S3. The van der Waals surface area contributed by atoms with Crippen molar-refractivity contribution in [2.24, 2.45) is 0 Å². The van der Waals surface area contributed by atoms with Crippen LogP contribution in [0.25, 0.3) is 0 Å². The van der Waals surface area contributed by atoms with Crippen LogP contribution in [0.5, 0.6) is 0 Å². The molecule has 10 heteroatoms. The van der Waals surface area contributed by atoms with Crippen molar-refractivity contribution in [2.45, 2.75) is 23.1 Å². The van der Waals surface area contributed by atoms with Crippen molar-refractivity contribution in [1.29, 1.82) is 0 Å². The smallest absolute Gasteiger partial charge is 0.256 e. The first kappa shape index (κ1) is 18.2. The molecule has 0 aromatic carbocycles. The summed E-state index contributed by atoms with van der Waals surface area (Å²) in [5, 5.41) is 1.73. The van der Waals surface area contributed by atoms with Crippen LogP contribution in [-0.2, 0) is 10.0 Å². The molecule has 3 heterocycles. The summed E-state index contributed by atoms with van der Waals surface area (Å²) in [6.45, 7) is 0.945. The summed E-state index contributed by atoms with van der Waals surface area (Å²) in [5.74, 6) is -0.164. The molecule has 1 saturated heterocycles. The van der Waals surface area contributed by atoms with Crippen LogP contribution in [0.3, 0.4) is 0 Å². The molecule has 1 fully saturated rings. The van der Waals surface area contributed by atoms with Gasteiger partial charge in [0.2, 0.25) is 10.0 Å². The molecule has 0 bridgehead atoms. The van der Waals surface area contributed by atoms with Gasteiger partial charge in [-0.1, -0.05) is 29.3 Å². The standard InChI is InChI=1S/C14H14Cl2N2O3S3/c15-11-8-10(13(16)23-11)14(19)18-5-3-9(4-6-18)17-24(20,21)12-2-1-7-22-12/h1-2,7-9,17H,3-6H2. The number of sulfonamides is 1. The molecule has 0 atom stereocenters. The van der Waals surface area contributed by atoms with Crippen molar-refractivity contribution in [1.82, 2.24) is 9.62 Å². The molecule has 3 rings (SSSR count). The van der Waals surface area contributed by atoms with Crippen LogP contribution < -0.4 is 4.72 Å². The Balaban J connectivity index is 1.60. The van der Waals surface area contributed by atoms with Gasteiger partial charge >= 0.3 is 0 Å². The van der Waals surface area contributed by atoms with Crippen LogP contribution in [0.1, 0.15) is 23.2 Å². The molecule has 2 aromatic heterocycles. The summed E-state index contributed by atoms with van der Waals surface area (Å²) in [6.07, 6.45) is 1.12. The Morgan fingerprint density at radius 3 is 2.54 bits per heavy atom. The van der Waals surface area contributed by atoms with Crippen molar-refractivity contribution < 1.29 is 13.2 Å². The maximum atomic E-state index is 12.5. The van der Waals surface area contributed by atoms with Crippen LogP contribution in [0.4, 0.5) is 0 Å². The Morgan fingerprint density at radius 2 is 2.00 bits per heavy atom. The van der Waals surface area contributed by atoms with Gasteiger partial charge in [0.1, 0.15) is 8.55 Å². The summed E-state index contributed by atoms with van der Waals surface area (Å²) >= 11 is 14.3. The monoisotopic (exact) mass is 424 g/mol. The number of nitrogens with zero attached hydrogens (tertiary/aromatic N) is 1. The number of carbonyl (C=O) groups excluding carboxylic acids is 1. The average molecular weight is 425 g/mol.